The summed E-state index contributed by atoms with van der Waals surface area (Å²) in [4.78, 5) is 4.42. The smallest absolute Gasteiger partial charge is 0.147 e. The summed E-state index contributed by atoms with van der Waals surface area (Å²) in [7, 11) is 1.86. The van der Waals surface area contributed by atoms with Gasteiger partial charge in [0.15, 0.2) is 0 Å². The Morgan fingerprint density at radius 1 is 1.32 bits per heavy atom. The summed E-state index contributed by atoms with van der Waals surface area (Å²) in [6, 6.07) is 5.41. The molecule has 1 aromatic heterocycles. The average Bonchev–Trinajstić information content (AvgIpc) is 2.83. The third kappa shape index (κ3) is 2.28. The quantitative estimate of drug-likeness (QED) is 0.918. The highest BCUT2D eigenvalue weighted by Gasteiger charge is 2.17. The highest BCUT2D eigenvalue weighted by atomic mass is 19.1. The van der Waals surface area contributed by atoms with Gasteiger partial charge in [0, 0.05) is 12.2 Å². The Kier molecular flexibility index (Phi) is 3.34. The summed E-state index contributed by atoms with van der Waals surface area (Å²) in [5.74, 6) is -0.182. The highest BCUT2D eigenvalue weighted by Crippen LogP contribution is 2.24. The van der Waals surface area contributed by atoms with Gasteiger partial charge in [0.25, 0.3) is 0 Å². The molecule has 0 saturated carbocycles. The fraction of sp³-hybridized carbons (Fsp3) is 0.400. The number of nitrogens with zero attached hydrogens (tertiary/aromatic N) is 2. The van der Waals surface area contributed by atoms with Crippen LogP contribution in [-0.2, 0) is 19.4 Å². The van der Waals surface area contributed by atoms with Gasteiger partial charge in [0.1, 0.15) is 5.82 Å². The van der Waals surface area contributed by atoms with Gasteiger partial charge in [0.2, 0.25) is 0 Å². The van der Waals surface area contributed by atoms with Crippen LogP contribution in [0.25, 0.3) is 5.69 Å². The first-order valence-electron chi connectivity index (χ1n) is 6.78. The van der Waals surface area contributed by atoms with Gasteiger partial charge in [-0.2, -0.15) is 0 Å². The third-order valence-electron chi connectivity index (χ3n) is 3.68. The number of hydrogen-bond acceptors (Lipinski definition) is 2. The van der Waals surface area contributed by atoms with Crippen molar-refractivity contribution in [1.82, 2.24) is 14.9 Å². The summed E-state index contributed by atoms with van der Waals surface area (Å²) in [5, 5.41) is 3.03. The molecule has 1 aliphatic rings. The van der Waals surface area contributed by atoms with Gasteiger partial charge in [-0.1, -0.05) is 6.07 Å². The van der Waals surface area contributed by atoms with Gasteiger partial charge >= 0.3 is 0 Å². The largest absolute Gasteiger partial charge is 0.316 e. The monoisotopic (exact) mass is 259 g/mol. The zero-order valence-electron chi connectivity index (χ0n) is 11.1. The Balaban J connectivity index is 2.00. The summed E-state index contributed by atoms with van der Waals surface area (Å²) in [6.07, 6.45) is 6.12. The normalized spacial score (nSPS) is 14.4. The fourth-order valence-corrected chi connectivity index (χ4v) is 2.74. The second-order valence-corrected chi connectivity index (χ2v) is 5.03. The van der Waals surface area contributed by atoms with Crippen LogP contribution in [0.15, 0.2) is 24.5 Å². The standard InChI is InChI=1S/C15H18FN3/c1-17-9-11-6-7-14(12(16)8-11)19-10-18-13-4-2-3-5-15(13)19/h6-8,10,17H,2-5,9H2,1H3. The van der Waals surface area contributed by atoms with E-state index in [9.17, 15) is 4.39 Å². The Morgan fingerprint density at radius 2 is 2.16 bits per heavy atom. The number of rotatable bonds is 3. The SMILES string of the molecule is CNCc1ccc(-n2cnc3c2CCCC3)c(F)c1. The Morgan fingerprint density at radius 3 is 2.95 bits per heavy atom. The van der Waals surface area contributed by atoms with E-state index in [1.165, 1.54) is 12.1 Å². The molecule has 0 unspecified atom stereocenters. The van der Waals surface area contributed by atoms with E-state index in [0.717, 1.165) is 30.5 Å². The molecular weight excluding hydrogens is 241 g/mol. The lowest BCUT2D eigenvalue weighted by molar-refractivity contribution is 0.605. The molecule has 0 radical (unpaired) electrons. The highest BCUT2D eigenvalue weighted by molar-refractivity contribution is 5.39. The van der Waals surface area contributed by atoms with E-state index >= 15 is 0 Å². The summed E-state index contributed by atoms with van der Waals surface area (Å²) < 4.78 is 16.1. The molecule has 4 heteroatoms. The van der Waals surface area contributed by atoms with Gasteiger partial charge in [0.05, 0.1) is 17.7 Å². The minimum absolute atomic E-state index is 0.182. The van der Waals surface area contributed by atoms with Crippen LogP contribution in [-0.4, -0.2) is 16.6 Å². The zero-order valence-corrected chi connectivity index (χ0v) is 11.1. The number of fused-ring (bicyclic) bond motifs is 1. The molecule has 1 N–H and O–H groups in total. The second kappa shape index (κ2) is 5.13. The van der Waals surface area contributed by atoms with E-state index in [2.05, 4.69) is 10.3 Å². The van der Waals surface area contributed by atoms with Crippen LogP contribution in [0.1, 0.15) is 29.8 Å². The van der Waals surface area contributed by atoms with Gasteiger partial charge in [-0.25, -0.2) is 9.37 Å². The van der Waals surface area contributed by atoms with Crippen LogP contribution in [0.4, 0.5) is 4.39 Å². The number of hydrogen-bond donors (Lipinski definition) is 1. The molecule has 0 fully saturated rings. The molecule has 1 aliphatic carbocycles. The zero-order chi connectivity index (χ0) is 13.2. The molecule has 0 aliphatic heterocycles. The molecular formula is C15H18FN3. The van der Waals surface area contributed by atoms with Gasteiger partial charge < -0.3 is 9.88 Å². The number of nitrogens with one attached hydrogen (secondary N) is 1. The lowest BCUT2D eigenvalue weighted by atomic mass is 10.0. The van der Waals surface area contributed by atoms with Gasteiger partial charge in [-0.3, -0.25) is 0 Å². The maximum Gasteiger partial charge on any atom is 0.147 e. The van der Waals surface area contributed by atoms with Crippen LogP contribution in [0.3, 0.4) is 0 Å². The van der Waals surface area contributed by atoms with Crippen molar-refractivity contribution in [2.75, 3.05) is 7.05 Å². The lowest BCUT2D eigenvalue weighted by Crippen LogP contribution is -2.09. The molecule has 0 spiro atoms. The first-order chi connectivity index (χ1) is 9.29. The molecule has 0 atom stereocenters. The predicted octanol–water partition coefficient (Wildman–Crippen LogP) is 2.61. The molecule has 19 heavy (non-hydrogen) atoms. The van der Waals surface area contributed by atoms with Crippen LogP contribution in [0, 0.1) is 5.82 Å². The molecule has 0 bridgehead atoms. The van der Waals surface area contributed by atoms with Crippen molar-refractivity contribution in [3.8, 4) is 5.69 Å². The van der Waals surface area contributed by atoms with Crippen molar-refractivity contribution in [2.45, 2.75) is 32.2 Å². The predicted molar refractivity (Wildman–Crippen MR) is 72.9 cm³/mol. The molecule has 1 heterocycles. The van der Waals surface area contributed by atoms with Gasteiger partial charge in [-0.05, 0) is 50.4 Å². The first kappa shape index (κ1) is 12.4. The Hall–Kier alpha value is -1.68. The number of benzene rings is 1. The van der Waals surface area contributed by atoms with E-state index in [1.807, 2.05) is 23.7 Å². The number of aryl methyl sites for hydroxylation is 1. The number of halogens is 1. The van der Waals surface area contributed by atoms with E-state index in [4.69, 9.17) is 0 Å². The van der Waals surface area contributed by atoms with Crippen molar-refractivity contribution < 1.29 is 4.39 Å². The van der Waals surface area contributed by atoms with Crippen LogP contribution >= 0.6 is 0 Å². The molecule has 0 amide bonds. The number of imidazole rings is 1. The summed E-state index contributed by atoms with van der Waals surface area (Å²) in [6.45, 7) is 0.680. The van der Waals surface area contributed by atoms with E-state index in [-0.39, 0.29) is 5.82 Å². The molecule has 3 rings (SSSR count). The van der Waals surface area contributed by atoms with Crippen molar-refractivity contribution in [3.63, 3.8) is 0 Å². The summed E-state index contributed by atoms with van der Waals surface area (Å²) in [5.41, 5.74) is 3.87. The first-order valence-corrected chi connectivity index (χ1v) is 6.78. The summed E-state index contributed by atoms with van der Waals surface area (Å²) >= 11 is 0. The lowest BCUT2D eigenvalue weighted by Gasteiger charge is -2.15. The molecule has 2 aromatic rings. The van der Waals surface area contributed by atoms with Crippen molar-refractivity contribution in [1.29, 1.82) is 0 Å². The van der Waals surface area contributed by atoms with Crippen LogP contribution in [0.2, 0.25) is 0 Å². The Labute approximate surface area is 112 Å². The minimum Gasteiger partial charge on any atom is -0.316 e. The fourth-order valence-electron chi connectivity index (χ4n) is 2.74. The minimum atomic E-state index is -0.182. The molecule has 3 nitrogen and oxygen atoms in total. The van der Waals surface area contributed by atoms with Crippen molar-refractivity contribution in [2.24, 2.45) is 0 Å². The molecule has 100 valence electrons. The maximum absolute atomic E-state index is 14.2. The van der Waals surface area contributed by atoms with Gasteiger partial charge in [-0.15, -0.1) is 0 Å². The van der Waals surface area contributed by atoms with Crippen LogP contribution < -0.4 is 5.32 Å². The van der Waals surface area contributed by atoms with Crippen molar-refractivity contribution in [3.05, 3.63) is 47.3 Å². The maximum atomic E-state index is 14.2. The third-order valence-corrected chi connectivity index (χ3v) is 3.68. The molecule has 1 aromatic carbocycles. The number of aromatic nitrogens is 2. The van der Waals surface area contributed by atoms with E-state index < -0.39 is 0 Å². The van der Waals surface area contributed by atoms with E-state index in [0.29, 0.717) is 12.2 Å². The molecule has 0 saturated heterocycles. The Bertz CT molecular complexity index is 589. The second-order valence-electron chi connectivity index (χ2n) is 5.03. The van der Waals surface area contributed by atoms with E-state index in [1.54, 1.807) is 12.4 Å². The van der Waals surface area contributed by atoms with Crippen molar-refractivity contribution >= 4 is 0 Å². The average molecular weight is 259 g/mol. The topological polar surface area (TPSA) is 29.9 Å². The van der Waals surface area contributed by atoms with Crippen LogP contribution in [0.5, 0.6) is 0 Å².